The number of hydrogen-bond acceptors (Lipinski definition) is 7. The van der Waals surface area contributed by atoms with Crippen molar-refractivity contribution in [3.05, 3.63) is 52.9 Å². The van der Waals surface area contributed by atoms with Gasteiger partial charge in [0, 0.05) is 13.0 Å². The largest absolute Gasteiger partial charge is 0.467 e. The minimum Gasteiger partial charge on any atom is -0.467 e. The summed E-state index contributed by atoms with van der Waals surface area (Å²) in [5.74, 6) is -0.204. The molecule has 0 fully saturated rings. The highest BCUT2D eigenvalue weighted by molar-refractivity contribution is 7.13. The Morgan fingerprint density at radius 3 is 2.78 bits per heavy atom. The number of methoxy groups -OCH3 is 1. The first-order chi connectivity index (χ1) is 13.2. The first kappa shape index (κ1) is 17.3. The summed E-state index contributed by atoms with van der Waals surface area (Å²) in [5.41, 5.74) is 2.08. The topological polar surface area (TPSA) is 90.2 Å². The van der Waals surface area contributed by atoms with Crippen LogP contribution in [-0.2, 0) is 33.8 Å². The van der Waals surface area contributed by atoms with Crippen molar-refractivity contribution in [3.8, 4) is 10.7 Å². The second-order valence-corrected chi connectivity index (χ2v) is 7.10. The number of tetrazole rings is 1. The summed E-state index contributed by atoms with van der Waals surface area (Å²) >= 11 is 1.50. The van der Waals surface area contributed by atoms with Gasteiger partial charge in [-0.25, -0.2) is 4.79 Å². The first-order valence-electron chi connectivity index (χ1n) is 8.41. The molecule has 3 aromatic rings. The molecule has 4 rings (SSSR count). The number of benzene rings is 1. The molecule has 0 saturated carbocycles. The number of carbonyl (C=O) groups excluding carboxylic acids is 2. The maximum absolute atomic E-state index is 12.9. The van der Waals surface area contributed by atoms with Crippen molar-refractivity contribution in [2.24, 2.45) is 0 Å². The zero-order chi connectivity index (χ0) is 18.8. The molecule has 8 nitrogen and oxygen atoms in total. The number of aromatic nitrogens is 4. The molecule has 1 aliphatic rings. The third kappa shape index (κ3) is 3.45. The van der Waals surface area contributed by atoms with E-state index >= 15 is 0 Å². The van der Waals surface area contributed by atoms with E-state index in [2.05, 4.69) is 15.4 Å². The van der Waals surface area contributed by atoms with Gasteiger partial charge in [0.25, 0.3) is 0 Å². The summed E-state index contributed by atoms with van der Waals surface area (Å²) in [6.45, 7) is 0.259. The Bertz CT molecular complexity index is 969. The smallest absolute Gasteiger partial charge is 0.328 e. The second-order valence-electron chi connectivity index (χ2n) is 6.15. The predicted octanol–water partition coefficient (Wildman–Crippen LogP) is 1.53. The molecule has 0 aliphatic carbocycles. The molecule has 0 N–H and O–H groups in total. The number of esters is 1. The number of hydrogen-bond donors (Lipinski definition) is 0. The molecule has 27 heavy (non-hydrogen) atoms. The Labute approximate surface area is 159 Å². The molecule has 0 saturated heterocycles. The number of thiophene rings is 1. The molecule has 0 unspecified atom stereocenters. The van der Waals surface area contributed by atoms with E-state index in [1.807, 2.05) is 41.8 Å². The van der Waals surface area contributed by atoms with Gasteiger partial charge in [-0.3, -0.25) is 4.79 Å². The van der Waals surface area contributed by atoms with E-state index in [4.69, 9.17) is 4.74 Å². The maximum atomic E-state index is 12.9. The normalized spacial score (nSPS) is 16.0. The average Bonchev–Trinajstić information content (AvgIpc) is 3.38. The molecular weight excluding hydrogens is 366 g/mol. The monoisotopic (exact) mass is 383 g/mol. The Kier molecular flexibility index (Phi) is 4.68. The number of rotatable bonds is 4. The van der Waals surface area contributed by atoms with Crippen molar-refractivity contribution >= 4 is 23.2 Å². The fourth-order valence-electron chi connectivity index (χ4n) is 3.16. The minimum atomic E-state index is -0.655. The summed E-state index contributed by atoms with van der Waals surface area (Å²) in [6, 6.07) is 10.9. The molecule has 0 radical (unpaired) electrons. The van der Waals surface area contributed by atoms with Crippen LogP contribution in [0.25, 0.3) is 10.7 Å². The van der Waals surface area contributed by atoms with Gasteiger partial charge in [0.15, 0.2) is 0 Å². The molecule has 0 bridgehead atoms. The van der Waals surface area contributed by atoms with Crippen molar-refractivity contribution in [2.45, 2.75) is 25.6 Å². The van der Waals surface area contributed by atoms with Crippen LogP contribution in [0.5, 0.6) is 0 Å². The van der Waals surface area contributed by atoms with Crippen molar-refractivity contribution < 1.29 is 14.3 Å². The van der Waals surface area contributed by atoms with Crippen LogP contribution in [-0.4, -0.2) is 50.1 Å². The number of carbonyl (C=O) groups is 2. The molecule has 2 aromatic heterocycles. The summed E-state index contributed by atoms with van der Waals surface area (Å²) < 4.78 is 4.91. The Morgan fingerprint density at radius 1 is 1.22 bits per heavy atom. The SMILES string of the molecule is COC(=O)[C@H]1Cc2ccccc2CN1C(=O)Cn1nnc(-c2cccs2)n1. The lowest BCUT2D eigenvalue weighted by atomic mass is 9.94. The molecule has 0 spiro atoms. The molecule has 138 valence electrons. The first-order valence-corrected chi connectivity index (χ1v) is 9.29. The third-order valence-corrected chi connectivity index (χ3v) is 5.38. The highest BCUT2D eigenvalue weighted by Gasteiger charge is 2.35. The van der Waals surface area contributed by atoms with Crippen molar-refractivity contribution in [2.75, 3.05) is 7.11 Å². The van der Waals surface area contributed by atoms with Crippen LogP contribution >= 0.6 is 11.3 Å². The maximum Gasteiger partial charge on any atom is 0.328 e. The summed E-state index contributed by atoms with van der Waals surface area (Å²) in [5, 5.41) is 14.1. The lowest BCUT2D eigenvalue weighted by Gasteiger charge is -2.35. The van der Waals surface area contributed by atoms with E-state index in [1.165, 1.54) is 28.1 Å². The van der Waals surface area contributed by atoms with Gasteiger partial charge in [-0.1, -0.05) is 30.3 Å². The predicted molar refractivity (Wildman–Crippen MR) is 97.6 cm³/mol. The Morgan fingerprint density at radius 2 is 2.04 bits per heavy atom. The Hall–Kier alpha value is -3.07. The van der Waals surface area contributed by atoms with E-state index in [-0.39, 0.29) is 12.5 Å². The van der Waals surface area contributed by atoms with Gasteiger partial charge in [-0.15, -0.1) is 21.5 Å². The molecular formula is C18H17N5O3S. The van der Waals surface area contributed by atoms with Gasteiger partial charge in [-0.05, 0) is 27.8 Å². The molecule has 1 aromatic carbocycles. The van der Waals surface area contributed by atoms with Crippen LogP contribution in [0.15, 0.2) is 41.8 Å². The highest BCUT2D eigenvalue weighted by Crippen LogP contribution is 2.24. The van der Waals surface area contributed by atoms with Crippen LogP contribution in [0.3, 0.4) is 0 Å². The van der Waals surface area contributed by atoms with E-state index in [1.54, 1.807) is 0 Å². The minimum absolute atomic E-state index is 0.0892. The van der Waals surface area contributed by atoms with Gasteiger partial charge < -0.3 is 9.64 Å². The van der Waals surface area contributed by atoms with Crippen molar-refractivity contribution in [1.82, 2.24) is 25.1 Å². The molecule has 1 amide bonds. The lowest BCUT2D eigenvalue weighted by molar-refractivity contribution is -0.154. The van der Waals surface area contributed by atoms with Crippen LogP contribution in [0.2, 0.25) is 0 Å². The van der Waals surface area contributed by atoms with Crippen LogP contribution in [0.4, 0.5) is 0 Å². The fraction of sp³-hybridized carbons (Fsp3) is 0.278. The standard InChI is InChI=1S/C18H17N5O3S/c1-26-18(25)14-9-12-5-2-3-6-13(12)10-22(14)16(24)11-23-20-17(19-21-23)15-7-4-8-27-15/h2-8,14H,9-11H2,1H3/t14-/m1/s1. The average molecular weight is 383 g/mol. The molecule has 1 aliphatic heterocycles. The molecule has 9 heteroatoms. The van der Waals surface area contributed by atoms with Crippen LogP contribution in [0, 0.1) is 0 Å². The number of nitrogens with zero attached hydrogens (tertiary/aromatic N) is 5. The van der Waals surface area contributed by atoms with E-state index in [9.17, 15) is 9.59 Å². The summed E-state index contributed by atoms with van der Waals surface area (Å²) in [7, 11) is 1.33. The second kappa shape index (κ2) is 7.28. The Balaban J connectivity index is 1.55. The van der Waals surface area contributed by atoms with E-state index in [0.29, 0.717) is 18.8 Å². The fourth-order valence-corrected chi connectivity index (χ4v) is 3.81. The van der Waals surface area contributed by atoms with E-state index < -0.39 is 12.0 Å². The van der Waals surface area contributed by atoms with Gasteiger partial charge in [0.2, 0.25) is 11.7 Å². The van der Waals surface area contributed by atoms with Crippen molar-refractivity contribution in [3.63, 3.8) is 0 Å². The molecule has 3 heterocycles. The number of fused-ring (bicyclic) bond motifs is 1. The van der Waals surface area contributed by atoms with Gasteiger partial charge >= 0.3 is 5.97 Å². The zero-order valence-electron chi connectivity index (χ0n) is 14.6. The van der Waals surface area contributed by atoms with Crippen LogP contribution in [0.1, 0.15) is 11.1 Å². The quantitative estimate of drug-likeness (QED) is 0.635. The lowest BCUT2D eigenvalue weighted by Crippen LogP contribution is -2.50. The summed E-state index contributed by atoms with van der Waals surface area (Å²) in [4.78, 5) is 28.8. The zero-order valence-corrected chi connectivity index (χ0v) is 15.4. The highest BCUT2D eigenvalue weighted by atomic mass is 32.1. The summed E-state index contributed by atoms with van der Waals surface area (Å²) in [6.07, 6.45) is 0.430. The van der Waals surface area contributed by atoms with Gasteiger partial charge in [0.05, 0.1) is 12.0 Å². The van der Waals surface area contributed by atoms with Gasteiger partial charge in [0.1, 0.15) is 12.6 Å². The molecule has 1 atom stereocenters. The van der Waals surface area contributed by atoms with E-state index in [0.717, 1.165) is 16.0 Å². The third-order valence-electron chi connectivity index (χ3n) is 4.51. The van der Waals surface area contributed by atoms with Crippen LogP contribution < -0.4 is 0 Å². The number of ether oxygens (including phenoxy) is 1. The van der Waals surface area contributed by atoms with Gasteiger partial charge in [-0.2, -0.15) is 4.80 Å². The number of amides is 1. The van der Waals surface area contributed by atoms with Crippen molar-refractivity contribution in [1.29, 1.82) is 0 Å².